The lowest BCUT2D eigenvalue weighted by Gasteiger charge is -2.18. The van der Waals surface area contributed by atoms with E-state index in [1.807, 2.05) is 6.07 Å². The van der Waals surface area contributed by atoms with Gasteiger partial charge in [0.2, 0.25) is 0 Å². The summed E-state index contributed by atoms with van der Waals surface area (Å²) in [6.45, 7) is 0. The first kappa shape index (κ1) is 29.7. The van der Waals surface area contributed by atoms with Crippen LogP contribution in [0.3, 0.4) is 0 Å². The van der Waals surface area contributed by atoms with Gasteiger partial charge >= 0.3 is 0 Å². The largest absolute Gasteiger partial charge is 0.481 e. The van der Waals surface area contributed by atoms with Gasteiger partial charge in [0.1, 0.15) is 11.3 Å². The molecule has 9 aromatic carbocycles. The van der Waals surface area contributed by atoms with Crippen LogP contribution in [0.1, 0.15) is 28.9 Å². The summed E-state index contributed by atoms with van der Waals surface area (Å²) in [5.74, 6) is 2.05. The third-order valence-corrected chi connectivity index (χ3v) is 11.8. The number of para-hydroxylation sites is 1. The van der Waals surface area contributed by atoms with Crippen molar-refractivity contribution in [1.29, 1.82) is 0 Å². The minimum Gasteiger partial charge on any atom is -0.481 e. The fraction of sp³-hybridized carbons (Fsp3) is 0.0385. The Bertz CT molecular complexity index is 3160. The van der Waals surface area contributed by atoms with Crippen molar-refractivity contribution in [2.75, 3.05) is 0 Å². The average molecular weight is 689 g/mol. The van der Waals surface area contributed by atoms with Crippen LogP contribution in [0, 0.1) is 0 Å². The number of furan rings is 1. The molecule has 2 unspecified atom stereocenters. The first-order chi connectivity index (χ1) is 26.7. The number of ether oxygens (including phenoxy) is 1. The lowest BCUT2D eigenvalue weighted by Crippen LogP contribution is -2.11. The van der Waals surface area contributed by atoms with Crippen LogP contribution in [0.15, 0.2) is 180 Å². The van der Waals surface area contributed by atoms with E-state index in [-0.39, 0.29) is 12.0 Å². The Hall–Kier alpha value is -6.90. The average Bonchev–Trinajstić information content (AvgIpc) is 3.80. The van der Waals surface area contributed by atoms with Crippen LogP contribution in [0.5, 0.6) is 5.75 Å². The number of fused-ring (bicyclic) bond motifs is 11. The molecule has 1 aromatic heterocycles. The van der Waals surface area contributed by atoms with Crippen molar-refractivity contribution < 1.29 is 9.15 Å². The maximum absolute atomic E-state index is 6.49. The molecular formula is C52H32O2. The molecule has 10 aromatic rings. The quantitative estimate of drug-likeness (QED) is 0.172. The molecule has 2 atom stereocenters. The molecule has 2 heteroatoms. The topological polar surface area (TPSA) is 22.4 Å². The summed E-state index contributed by atoms with van der Waals surface area (Å²) in [6, 6.07) is 61.9. The van der Waals surface area contributed by atoms with Crippen LogP contribution >= 0.6 is 0 Å². The van der Waals surface area contributed by atoms with Gasteiger partial charge in [-0.15, -0.1) is 0 Å². The Kier molecular flexibility index (Phi) is 6.20. The second-order valence-corrected chi connectivity index (χ2v) is 14.7. The SMILES string of the molecule is C1=CC2c3ccccc3OC2c2oc3ccc(-c4ccc5cc(-c6c7ccccc7c(-c7ccc8ccccc8c7)c7ccccc67)ccc5c4)cc3c21. The standard InChI is InChI=1S/C52H32O2/c1-2-10-32-28-37(21-17-31(32)9-1)49-40-12-3-5-14-42(40)50(43-15-6-4-13-41(43)49)38-22-20-33-27-34(18-19-35(33)29-38)36-23-26-48-46(30-36)45-25-24-44-39-11-7-8-16-47(39)53-51(44)52(45)54-48/h1-30,44,51H. The first-order valence-corrected chi connectivity index (χ1v) is 18.7. The van der Waals surface area contributed by atoms with E-state index in [1.54, 1.807) is 0 Å². The van der Waals surface area contributed by atoms with E-state index in [4.69, 9.17) is 9.15 Å². The van der Waals surface area contributed by atoms with E-state index in [2.05, 4.69) is 176 Å². The lowest BCUT2D eigenvalue weighted by molar-refractivity contribution is 0.193. The molecule has 0 fully saturated rings. The van der Waals surface area contributed by atoms with Crippen LogP contribution < -0.4 is 4.74 Å². The Morgan fingerprint density at radius 1 is 0.407 bits per heavy atom. The van der Waals surface area contributed by atoms with Gasteiger partial charge in [-0.05, 0) is 113 Å². The van der Waals surface area contributed by atoms with Gasteiger partial charge in [0.25, 0.3) is 0 Å². The minimum absolute atomic E-state index is 0.128. The summed E-state index contributed by atoms with van der Waals surface area (Å²) in [7, 11) is 0. The van der Waals surface area contributed by atoms with Gasteiger partial charge in [-0.25, -0.2) is 0 Å². The zero-order chi connectivity index (χ0) is 35.3. The molecule has 0 radical (unpaired) electrons. The molecule has 0 bridgehead atoms. The molecular weight excluding hydrogens is 657 g/mol. The van der Waals surface area contributed by atoms with Gasteiger partial charge in [-0.3, -0.25) is 0 Å². The van der Waals surface area contributed by atoms with Crippen LogP contribution in [0.2, 0.25) is 0 Å². The second-order valence-electron chi connectivity index (χ2n) is 14.7. The molecule has 1 aliphatic carbocycles. The Labute approximate surface area is 312 Å². The Balaban J connectivity index is 0.954. The molecule has 2 nitrogen and oxygen atoms in total. The third-order valence-electron chi connectivity index (χ3n) is 11.8. The van der Waals surface area contributed by atoms with E-state index in [0.717, 1.165) is 28.0 Å². The Morgan fingerprint density at radius 2 is 0.926 bits per heavy atom. The van der Waals surface area contributed by atoms with Crippen molar-refractivity contribution >= 4 is 60.1 Å². The number of hydrogen-bond acceptors (Lipinski definition) is 2. The molecule has 0 saturated carbocycles. The van der Waals surface area contributed by atoms with Crippen LogP contribution in [0.25, 0.3) is 93.5 Å². The molecule has 54 heavy (non-hydrogen) atoms. The third kappa shape index (κ3) is 4.34. The summed E-state index contributed by atoms with van der Waals surface area (Å²) in [5, 5.41) is 11.1. The molecule has 252 valence electrons. The van der Waals surface area contributed by atoms with Gasteiger partial charge in [0.05, 0.1) is 5.92 Å². The molecule has 2 aliphatic rings. The fourth-order valence-corrected chi connectivity index (χ4v) is 9.23. The predicted molar refractivity (Wildman–Crippen MR) is 224 cm³/mol. The highest BCUT2D eigenvalue weighted by Crippen LogP contribution is 2.52. The molecule has 2 heterocycles. The maximum atomic E-state index is 6.49. The summed E-state index contributed by atoms with van der Waals surface area (Å²) < 4.78 is 12.9. The van der Waals surface area contributed by atoms with Gasteiger partial charge < -0.3 is 9.15 Å². The van der Waals surface area contributed by atoms with Gasteiger partial charge in [0, 0.05) is 16.5 Å². The maximum Gasteiger partial charge on any atom is 0.167 e. The van der Waals surface area contributed by atoms with E-state index < -0.39 is 0 Å². The monoisotopic (exact) mass is 688 g/mol. The van der Waals surface area contributed by atoms with Gasteiger partial charge in [0.15, 0.2) is 11.9 Å². The fourth-order valence-electron chi connectivity index (χ4n) is 9.23. The molecule has 1 aliphatic heterocycles. The highest BCUT2D eigenvalue weighted by molar-refractivity contribution is 6.22. The minimum atomic E-state index is -0.128. The smallest absolute Gasteiger partial charge is 0.167 e. The molecule has 0 saturated heterocycles. The number of benzene rings is 9. The lowest BCUT2D eigenvalue weighted by atomic mass is 9.85. The van der Waals surface area contributed by atoms with E-state index in [9.17, 15) is 0 Å². The number of hydrogen-bond donors (Lipinski definition) is 0. The number of rotatable bonds is 3. The van der Waals surface area contributed by atoms with Crippen LogP contribution in [-0.2, 0) is 0 Å². The van der Waals surface area contributed by atoms with Crippen molar-refractivity contribution in [1.82, 2.24) is 0 Å². The first-order valence-electron chi connectivity index (χ1n) is 18.7. The molecule has 0 spiro atoms. The van der Waals surface area contributed by atoms with Crippen molar-refractivity contribution in [3.05, 3.63) is 193 Å². The second kappa shape index (κ2) is 11.3. The van der Waals surface area contributed by atoms with Crippen molar-refractivity contribution in [3.63, 3.8) is 0 Å². The van der Waals surface area contributed by atoms with Crippen molar-refractivity contribution in [2.45, 2.75) is 12.0 Å². The van der Waals surface area contributed by atoms with E-state index in [0.29, 0.717) is 0 Å². The summed E-state index contributed by atoms with van der Waals surface area (Å²) in [5.41, 5.74) is 10.6. The van der Waals surface area contributed by atoms with Crippen LogP contribution in [-0.4, -0.2) is 0 Å². The van der Waals surface area contributed by atoms with Gasteiger partial charge in [-0.2, -0.15) is 0 Å². The van der Waals surface area contributed by atoms with Gasteiger partial charge in [-0.1, -0.05) is 146 Å². The summed E-state index contributed by atoms with van der Waals surface area (Å²) >= 11 is 0. The van der Waals surface area contributed by atoms with E-state index >= 15 is 0 Å². The van der Waals surface area contributed by atoms with Crippen LogP contribution in [0.4, 0.5) is 0 Å². The zero-order valence-electron chi connectivity index (χ0n) is 29.3. The van der Waals surface area contributed by atoms with Crippen molar-refractivity contribution in [3.8, 4) is 39.1 Å². The normalized spacial score (nSPS) is 15.9. The highest BCUT2D eigenvalue weighted by atomic mass is 16.5. The van der Waals surface area contributed by atoms with E-state index in [1.165, 1.54) is 82.0 Å². The Morgan fingerprint density at radius 3 is 1.63 bits per heavy atom. The highest BCUT2D eigenvalue weighted by Gasteiger charge is 2.40. The zero-order valence-corrected chi connectivity index (χ0v) is 29.3. The molecule has 0 amide bonds. The predicted octanol–water partition coefficient (Wildman–Crippen LogP) is 14.3. The summed E-state index contributed by atoms with van der Waals surface area (Å²) in [4.78, 5) is 0. The molecule has 12 rings (SSSR count). The molecule has 0 N–H and O–H groups in total. The summed E-state index contributed by atoms with van der Waals surface area (Å²) in [6.07, 6.45) is 4.37. The van der Waals surface area contributed by atoms with Crippen molar-refractivity contribution in [2.24, 2.45) is 0 Å².